The number of aromatic amines is 1. The first-order valence-electron chi connectivity index (χ1n) is 7.91. The van der Waals surface area contributed by atoms with Crippen molar-refractivity contribution in [2.24, 2.45) is 0 Å². The molecule has 0 unspecified atom stereocenters. The van der Waals surface area contributed by atoms with Crippen molar-refractivity contribution in [3.05, 3.63) is 70.9 Å². The number of carbonyl (C=O) groups excluding carboxylic acids is 1. The highest BCUT2D eigenvalue weighted by Gasteiger charge is 2.24. The first-order chi connectivity index (χ1) is 11.6. The fraction of sp³-hybridized carbons (Fsp3) is 0.211. The topological polar surface area (TPSA) is 36.1 Å². The summed E-state index contributed by atoms with van der Waals surface area (Å²) in [5.41, 5.74) is 3.60. The molecule has 0 bridgehead atoms. The van der Waals surface area contributed by atoms with Crippen molar-refractivity contribution in [3.8, 4) is 0 Å². The molecule has 0 fully saturated rings. The smallest absolute Gasteiger partial charge is 0.227 e. The van der Waals surface area contributed by atoms with Crippen molar-refractivity contribution in [2.75, 3.05) is 6.54 Å². The largest absolute Gasteiger partial charge is 0.357 e. The molecule has 4 rings (SSSR count). The summed E-state index contributed by atoms with van der Waals surface area (Å²) >= 11 is 0. The van der Waals surface area contributed by atoms with E-state index in [1.165, 1.54) is 24.3 Å². The number of benzene rings is 2. The molecular weight excluding hydrogens is 310 g/mol. The highest BCUT2D eigenvalue weighted by molar-refractivity contribution is 5.86. The van der Waals surface area contributed by atoms with Crippen LogP contribution in [0.1, 0.15) is 16.8 Å². The Morgan fingerprint density at radius 1 is 1.12 bits per heavy atom. The normalized spacial score (nSPS) is 14.0. The monoisotopic (exact) mass is 326 g/mol. The van der Waals surface area contributed by atoms with Crippen LogP contribution in [0.15, 0.2) is 42.5 Å². The van der Waals surface area contributed by atoms with E-state index in [0.717, 1.165) is 22.2 Å². The number of nitrogens with one attached hydrogen (secondary N) is 1. The molecular formula is C19H16F2N2O. The van der Waals surface area contributed by atoms with Gasteiger partial charge in [-0.3, -0.25) is 4.79 Å². The van der Waals surface area contributed by atoms with Crippen molar-refractivity contribution in [2.45, 2.75) is 19.4 Å². The second kappa shape index (κ2) is 5.74. The molecule has 1 amide bonds. The van der Waals surface area contributed by atoms with Crippen LogP contribution >= 0.6 is 0 Å². The molecule has 122 valence electrons. The van der Waals surface area contributed by atoms with Crippen LogP contribution in [0.4, 0.5) is 8.78 Å². The summed E-state index contributed by atoms with van der Waals surface area (Å²) in [5.74, 6) is -0.621. The van der Waals surface area contributed by atoms with Crippen LogP contribution in [0.3, 0.4) is 0 Å². The number of hydrogen-bond acceptors (Lipinski definition) is 1. The molecule has 0 spiro atoms. The third-order valence-corrected chi connectivity index (χ3v) is 4.53. The predicted molar refractivity (Wildman–Crippen MR) is 87.5 cm³/mol. The van der Waals surface area contributed by atoms with Gasteiger partial charge in [0, 0.05) is 23.1 Å². The summed E-state index contributed by atoms with van der Waals surface area (Å²) in [6.45, 7) is 1.06. The molecule has 0 radical (unpaired) electrons. The van der Waals surface area contributed by atoms with Crippen LogP contribution in [-0.2, 0) is 24.2 Å². The fourth-order valence-electron chi connectivity index (χ4n) is 3.36. The number of carbonyl (C=O) groups is 1. The van der Waals surface area contributed by atoms with Crippen LogP contribution in [0.2, 0.25) is 0 Å². The summed E-state index contributed by atoms with van der Waals surface area (Å²) in [5, 5.41) is 0.891. The molecule has 1 N–H and O–H groups in total. The summed E-state index contributed by atoms with van der Waals surface area (Å²) in [7, 11) is 0. The highest BCUT2D eigenvalue weighted by Crippen LogP contribution is 2.28. The van der Waals surface area contributed by atoms with Crippen molar-refractivity contribution in [1.82, 2.24) is 9.88 Å². The molecule has 3 nitrogen and oxygen atoms in total. The maximum Gasteiger partial charge on any atom is 0.227 e. The summed E-state index contributed by atoms with van der Waals surface area (Å²) < 4.78 is 26.7. The minimum absolute atomic E-state index is 0.0314. The Morgan fingerprint density at radius 2 is 1.96 bits per heavy atom. The first kappa shape index (κ1) is 14.9. The average Bonchev–Trinajstić information content (AvgIpc) is 2.92. The molecule has 1 aliphatic rings. The van der Waals surface area contributed by atoms with Gasteiger partial charge in [-0.2, -0.15) is 0 Å². The highest BCUT2D eigenvalue weighted by atomic mass is 19.1. The molecule has 2 heterocycles. The Morgan fingerprint density at radius 3 is 2.79 bits per heavy atom. The van der Waals surface area contributed by atoms with E-state index in [9.17, 15) is 13.6 Å². The van der Waals surface area contributed by atoms with Crippen molar-refractivity contribution in [3.63, 3.8) is 0 Å². The van der Waals surface area contributed by atoms with E-state index < -0.39 is 0 Å². The summed E-state index contributed by atoms with van der Waals surface area (Å²) in [4.78, 5) is 17.5. The molecule has 5 heteroatoms. The molecule has 1 aromatic heterocycles. The number of amides is 1. The fourth-order valence-corrected chi connectivity index (χ4v) is 3.36. The van der Waals surface area contributed by atoms with Gasteiger partial charge in [-0.25, -0.2) is 8.78 Å². The van der Waals surface area contributed by atoms with Crippen LogP contribution in [0.25, 0.3) is 10.9 Å². The van der Waals surface area contributed by atoms with Gasteiger partial charge in [-0.1, -0.05) is 12.1 Å². The molecule has 0 saturated carbocycles. The Hall–Kier alpha value is -2.69. The molecule has 2 aromatic carbocycles. The van der Waals surface area contributed by atoms with E-state index in [0.29, 0.717) is 25.1 Å². The second-order valence-corrected chi connectivity index (χ2v) is 6.14. The molecule has 1 aliphatic heterocycles. The van der Waals surface area contributed by atoms with Gasteiger partial charge in [-0.15, -0.1) is 0 Å². The minimum atomic E-state index is -0.334. The number of rotatable bonds is 2. The molecule has 0 atom stereocenters. The van der Waals surface area contributed by atoms with Crippen LogP contribution < -0.4 is 0 Å². The number of halogens is 2. The van der Waals surface area contributed by atoms with Gasteiger partial charge in [0.1, 0.15) is 11.6 Å². The zero-order valence-electron chi connectivity index (χ0n) is 13.0. The molecule has 0 saturated heterocycles. The zero-order chi connectivity index (χ0) is 16.7. The summed E-state index contributed by atoms with van der Waals surface area (Å²) in [6, 6.07) is 10.8. The minimum Gasteiger partial charge on any atom is -0.357 e. The Balaban J connectivity index is 1.55. The standard InChI is InChI=1S/C19H16F2N2O/c20-13-3-1-2-12(8-13)9-19(24)23-7-6-15-16-10-14(21)4-5-17(16)22-18(15)11-23/h1-5,8,10,22H,6-7,9,11H2. The molecule has 0 aliphatic carbocycles. The van der Waals surface area contributed by atoms with Gasteiger partial charge in [0.25, 0.3) is 0 Å². The lowest BCUT2D eigenvalue weighted by atomic mass is 10.0. The number of nitrogens with zero attached hydrogens (tertiary/aromatic N) is 1. The van der Waals surface area contributed by atoms with Gasteiger partial charge < -0.3 is 9.88 Å². The maximum atomic E-state index is 13.5. The zero-order valence-corrected chi connectivity index (χ0v) is 13.0. The summed E-state index contributed by atoms with van der Waals surface area (Å²) in [6.07, 6.45) is 0.871. The first-order valence-corrected chi connectivity index (χ1v) is 7.91. The molecule has 24 heavy (non-hydrogen) atoms. The van der Waals surface area contributed by atoms with Crippen LogP contribution in [0, 0.1) is 11.6 Å². The van der Waals surface area contributed by atoms with Crippen molar-refractivity contribution < 1.29 is 13.6 Å². The van der Waals surface area contributed by atoms with E-state index >= 15 is 0 Å². The number of aromatic nitrogens is 1. The molecule has 3 aromatic rings. The van der Waals surface area contributed by atoms with Crippen LogP contribution in [-0.4, -0.2) is 22.3 Å². The lowest BCUT2D eigenvalue weighted by Crippen LogP contribution is -2.36. The van der Waals surface area contributed by atoms with Crippen LogP contribution in [0.5, 0.6) is 0 Å². The quantitative estimate of drug-likeness (QED) is 0.768. The van der Waals surface area contributed by atoms with Gasteiger partial charge in [0.2, 0.25) is 5.91 Å². The van der Waals surface area contributed by atoms with Crippen molar-refractivity contribution in [1.29, 1.82) is 0 Å². The lowest BCUT2D eigenvalue weighted by Gasteiger charge is -2.27. The van der Waals surface area contributed by atoms with E-state index in [1.54, 1.807) is 23.1 Å². The van der Waals surface area contributed by atoms with Gasteiger partial charge in [-0.05, 0) is 47.9 Å². The number of fused-ring (bicyclic) bond motifs is 3. The van der Waals surface area contributed by atoms with Gasteiger partial charge in [0.15, 0.2) is 0 Å². The SMILES string of the molecule is O=C(Cc1cccc(F)c1)N1CCc2c([nH]c3ccc(F)cc23)C1. The third kappa shape index (κ3) is 2.66. The second-order valence-electron chi connectivity index (χ2n) is 6.14. The lowest BCUT2D eigenvalue weighted by molar-refractivity contribution is -0.131. The van der Waals surface area contributed by atoms with Gasteiger partial charge >= 0.3 is 0 Å². The third-order valence-electron chi connectivity index (χ3n) is 4.53. The van der Waals surface area contributed by atoms with E-state index in [4.69, 9.17) is 0 Å². The van der Waals surface area contributed by atoms with E-state index in [1.807, 2.05) is 0 Å². The maximum absolute atomic E-state index is 13.5. The number of hydrogen-bond donors (Lipinski definition) is 1. The van der Waals surface area contributed by atoms with E-state index in [2.05, 4.69) is 4.98 Å². The van der Waals surface area contributed by atoms with Gasteiger partial charge in [0.05, 0.1) is 13.0 Å². The van der Waals surface area contributed by atoms with E-state index in [-0.39, 0.29) is 24.0 Å². The Labute approximate surface area is 137 Å². The van der Waals surface area contributed by atoms with Crippen molar-refractivity contribution >= 4 is 16.8 Å². The number of H-pyrrole nitrogens is 1. The Kier molecular flexibility index (Phi) is 3.56. The Bertz CT molecular complexity index is 932. The average molecular weight is 326 g/mol. The predicted octanol–water partition coefficient (Wildman–Crippen LogP) is 3.57.